The molecule has 3 rings (SSSR count). The number of ether oxygens (including phenoxy) is 3. The zero-order chi connectivity index (χ0) is 21.2. The Labute approximate surface area is 171 Å². The van der Waals surface area contributed by atoms with Crippen molar-refractivity contribution in [2.45, 2.75) is 39.4 Å². The lowest BCUT2D eigenvalue weighted by atomic mass is 10.0. The predicted octanol–water partition coefficient (Wildman–Crippen LogP) is 3.24. The fourth-order valence-electron chi connectivity index (χ4n) is 2.30. The van der Waals surface area contributed by atoms with Crippen LogP contribution in [0.3, 0.4) is 0 Å². The molecule has 29 heavy (non-hydrogen) atoms. The lowest BCUT2D eigenvalue weighted by Gasteiger charge is -2.10. The zero-order valence-corrected chi connectivity index (χ0v) is 17.0. The second-order valence-corrected chi connectivity index (χ2v) is 6.99. The lowest BCUT2D eigenvalue weighted by Crippen LogP contribution is -2.12. The highest BCUT2D eigenvalue weighted by molar-refractivity contribution is 5.92. The maximum Gasteiger partial charge on any atom is 0.341 e. The molecule has 0 fully saturated rings. The quantitative estimate of drug-likeness (QED) is 0.662. The Kier molecular flexibility index (Phi) is 8.70. The van der Waals surface area contributed by atoms with E-state index in [1.807, 2.05) is 48.5 Å². The lowest BCUT2D eigenvalue weighted by molar-refractivity contribution is -0.138. The number of hydrogen-bond donors (Lipinski definition) is 2. The fourth-order valence-corrected chi connectivity index (χ4v) is 2.30. The van der Waals surface area contributed by atoms with E-state index in [-0.39, 0.29) is 5.97 Å². The fraction of sp³-hybridized carbons (Fsp3) is 0.348. The molecule has 0 amide bonds. The summed E-state index contributed by atoms with van der Waals surface area (Å²) >= 11 is 0. The maximum atomic E-state index is 9.94. The van der Waals surface area contributed by atoms with Crippen molar-refractivity contribution in [3.05, 3.63) is 71.5 Å². The van der Waals surface area contributed by atoms with E-state index in [2.05, 4.69) is 4.74 Å². The van der Waals surface area contributed by atoms with E-state index in [4.69, 9.17) is 9.47 Å². The summed E-state index contributed by atoms with van der Waals surface area (Å²) in [4.78, 5) is 9.94. The van der Waals surface area contributed by atoms with Crippen molar-refractivity contribution in [2.24, 2.45) is 0 Å². The molecule has 2 N–H and O–H groups in total. The third-order valence-electron chi connectivity index (χ3n) is 3.90. The molecular weight excluding hydrogens is 372 g/mol. The number of cyclic esters (lactones) is 1. The zero-order valence-electron chi connectivity index (χ0n) is 17.0. The molecule has 0 aliphatic carbocycles. The second kappa shape index (κ2) is 11.2. The van der Waals surface area contributed by atoms with Gasteiger partial charge in [0.1, 0.15) is 31.0 Å². The molecular formula is C23H28O6. The van der Waals surface area contributed by atoms with Crippen molar-refractivity contribution in [3.8, 4) is 11.5 Å². The molecule has 1 aliphatic heterocycles. The Balaban J connectivity index is 0.000000426. The first-order valence-electron chi connectivity index (χ1n) is 9.51. The van der Waals surface area contributed by atoms with Gasteiger partial charge in [0, 0.05) is 0 Å². The highest BCUT2D eigenvalue weighted by atomic mass is 16.5. The third kappa shape index (κ3) is 8.37. The molecule has 0 aromatic heterocycles. The molecule has 1 heterocycles. The first kappa shape index (κ1) is 22.5. The minimum Gasteiger partial charge on any atom is -0.491 e. The van der Waals surface area contributed by atoms with Crippen molar-refractivity contribution < 1.29 is 29.2 Å². The number of aliphatic hydroxyl groups is 2. The van der Waals surface area contributed by atoms with Crippen LogP contribution in [0.5, 0.6) is 11.5 Å². The standard InChI is InChI=1S/C19H24O4.C4H4O2/c1-14(20)12-22-18-7-3-16(4-8-18)11-17-5-9-19(10-6-17)23-13-15(2)21;1-3-2-6-4(3)5/h3-10,14-15,20-21H,11-13H2,1-2H3;2H,1H3. The van der Waals surface area contributed by atoms with Crippen molar-refractivity contribution in [1.82, 2.24) is 0 Å². The molecule has 0 bridgehead atoms. The topological polar surface area (TPSA) is 85.2 Å². The van der Waals surface area contributed by atoms with Gasteiger partial charge in [-0.25, -0.2) is 4.79 Å². The van der Waals surface area contributed by atoms with Gasteiger partial charge in [0.2, 0.25) is 0 Å². The van der Waals surface area contributed by atoms with Crippen LogP contribution in [0.2, 0.25) is 0 Å². The normalized spacial score (nSPS) is 14.4. The summed E-state index contributed by atoms with van der Waals surface area (Å²) in [5.74, 6) is 1.32. The van der Waals surface area contributed by atoms with Gasteiger partial charge in [-0.3, -0.25) is 0 Å². The Morgan fingerprint density at radius 3 is 1.45 bits per heavy atom. The molecule has 156 valence electrons. The van der Waals surface area contributed by atoms with E-state index in [0.29, 0.717) is 18.8 Å². The van der Waals surface area contributed by atoms with E-state index in [1.54, 1.807) is 20.8 Å². The maximum absolute atomic E-state index is 9.94. The van der Waals surface area contributed by atoms with E-state index in [0.717, 1.165) is 17.9 Å². The van der Waals surface area contributed by atoms with Crippen LogP contribution in [0.4, 0.5) is 0 Å². The van der Waals surface area contributed by atoms with Crippen LogP contribution in [-0.4, -0.2) is 41.6 Å². The minimum atomic E-state index is -0.468. The van der Waals surface area contributed by atoms with Crippen LogP contribution >= 0.6 is 0 Å². The molecule has 1 aliphatic rings. The van der Waals surface area contributed by atoms with E-state index >= 15 is 0 Å². The molecule has 2 atom stereocenters. The summed E-state index contributed by atoms with van der Waals surface area (Å²) in [6.45, 7) is 5.71. The summed E-state index contributed by atoms with van der Waals surface area (Å²) in [7, 11) is 0. The summed E-state index contributed by atoms with van der Waals surface area (Å²) in [6.07, 6.45) is 1.32. The first-order valence-corrected chi connectivity index (χ1v) is 9.51. The Morgan fingerprint density at radius 1 is 0.828 bits per heavy atom. The van der Waals surface area contributed by atoms with Crippen molar-refractivity contribution >= 4 is 5.97 Å². The minimum absolute atomic E-state index is 0.199. The van der Waals surface area contributed by atoms with Crippen LogP contribution in [0.1, 0.15) is 31.9 Å². The average molecular weight is 400 g/mol. The average Bonchev–Trinajstić information content (AvgIpc) is 2.71. The second-order valence-electron chi connectivity index (χ2n) is 6.99. The van der Waals surface area contributed by atoms with E-state index in [1.165, 1.54) is 17.4 Å². The van der Waals surface area contributed by atoms with Crippen molar-refractivity contribution in [3.63, 3.8) is 0 Å². The molecule has 0 spiro atoms. The van der Waals surface area contributed by atoms with Gasteiger partial charge >= 0.3 is 5.97 Å². The molecule has 6 nitrogen and oxygen atoms in total. The molecule has 2 unspecified atom stereocenters. The molecule has 0 radical (unpaired) electrons. The van der Waals surface area contributed by atoms with Gasteiger partial charge in [-0.05, 0) is 62.6 Å². The number of carbonyl (C=O) groups is 1. The molecule has 2 aromatic carbocycles. The molecule has 2 aromatic rings. The van der Waals surface area contributed by atoms with Crippen LogP contribution in [0, 0.1) is 0 Å². The smallest absolute Gasteiger partial charge is 0.341 e. The number of aliphatic hydroxyl groups excluding tert-OH is 2. The highest BCUT2D eigenvalue weighted by Crippen LogP contribution is 2.18. The Bertz CT molecular complexity index is 738. The van der Waals surface area contributed by atoms with Gasteiger partial charge in [-0.2, -0.15) is 0 Å². The van der Waals surface area contributed by atoms with Crippen LogP contribution < -0.4 is 9.47 Å². The molecule has 6 heteroatoms. The SMILES string of the molecule is CC(O)COc1ccc(Cc2ccc(OCC(C)O)cc2)cc1.CC1=COC1=O. The third-order valence-corrected chi connectivity index (χ3v) is 3.90. The predicted molar refractivity (Wildman–Crippen MR) is 110 cm³/mol. The van der Waals surface area contributed by atoms with Gasteiger partial charge in [0.25, 0.3) is 0 Å². The van der Waals surface area contributed by atoms with Crippen LogP contribution in [0.25, 0.3) is 0 Å². The summed E-state index contributed by atoms with van der Waals surface area (Å²) in [5.41, 5.74) is 3.08. The van der Waals surface area contributed by atoms with E-state index in [9.17, 15) is 15.0 Å². The Morgan fingerprint density at radius 2 is 1.21 bits per heavy atom. The largest absolute Gasteiger partial charge is 0.491 e. The number of rotatable bonds is 8. The van der Waals surface area contributed by atoms with Gasteiger partial charge in [0.05, 0.1) is 17.8 Å². The van der Waals surface area contributed by atoms with Crippen LogP contribution in [-0.2, 0) is 16.0 Å². The van der Waals surface area contributed by atoms with Gasteiger partial charge < -0.3 is 24.4 Å². The highest BCUT2D eigenvalue weighted by Gasteiger charge is 2.12. The monoisotopic (exact) mass is 400 g/mol. The van der Waals surface area contributed by atoms with Crippen LogP contribution in [0.15, 0.2) is 60.4 Å². The number of carbonyl (C=O) groups excluding carboxylic acids is 1. The molecule has 0 saturated heterocycles. The molecule has 0 saturated carbocycles. The summed E-state index contributed by atoms with van der Waals surface area (Å²) in [5, 5.41) is 18.4. The first-order chi connectivity index (χ1) is 13.8. The summed E-state index contributed by atoms with van der Waals surface area (Å²) in [6, 6.07) is 15.8. The number of esters is 1. The van der Waals surface area contributed by atoms with Gasteiger partial charge in [0.15, 0.2) is 0 Å². The summed E-state index contributed by atoms with van der Waals surface area (Å²) < 4.78 is 15.1. The van der Waals surface area contributed by atoms with E-state index < -0.39 is 12.2 Å². The van der Waals surface area contributed by atoms with Gasteiger partial charge in [-0.15, -0.1) is 0 Å². The van der Waals surface area contributed by atoms with Crippen molar-refractivity contribution in [2.75, 3.05) is 13.2 Å². The number of hydrogen-bond acceptors (Lipinski definition) is 6. The number of benzene rings is 2. The Hall–Kier alpha value is -2.83. The van der Waals surface area contributed by atoms with Gasteiger partial charge in [-0.1, -0.05) is 24.3 Å². The van der Waals surface area contributed by atoms with Crippen molar-refractivity contribution in [1.29, 1.82) is 0 Å².